The number of hydrogen-bond donors (Lipinski definition) is 3. The van der Waals surface area contributed by atoms with E-state index >= 15 is 0 Å². The number of alkyl halides is 3. The van der Waals surface area contributed by atoms with Gasteiger partial charge in [0.2, 0.25) is 0 Å². The fourth-order valence-corrected chi connectivity index (χ4v) is 4.25. The van der Waals surface area contributed by atoms with Crippen molar-refractivity contribution < 1.29 is 22.7 Å². The van der Waals surface area contributed by atoms with E-state index in [4.69, 9.17) is 10.5 Å². The molecular formula is C21H20F3N5O2S. The summed E-state index contributed by atoms with van der Waals surface area (Å²) < 4.78 is 43.7. The lowest BCUT2D eigenvalue weighted by atomic mass is 10.1. The summed E-state index contributed by atoms with van der Waals surface area (Å²) in [6, 6.07) is 6.61. The lowest BCUT2D eigenvalue weighted by Gasteiger charge is -2.15. The molecule has 4 N–H and O–H groups in total. The first-order valence-electron chi connectivity index (χ1n) is 9.71. The molecule has 32 heavy (non-hydrogen) atoms. The molecule has 3 aromatic rings. The third-order valence-electron chi connectivity index (χ3n) is 4.99. The number of fused-ring (bicyclic) bond motifs is 1. The molecule has 0 bridgehead atoms. The topological polar surface area (TPSA) is 102 Å². The molecule has 1 unspecified atom stereocenters. The van der Waals surface area contributed by atoms with Gasteiger partial charge in [-0.3, -0.25) is 4.79 Å². The molecule has 0 saturated heterocycles. The lowest BCUT2D eigenvalue weighted by Crippen LogP contribution is -2.31. The number of hydrogen-bond acceptors (Lipinski definition) is 7. The maximum atomic E-state index is 12.9. The minimum absolute atomic E-state index is 0.0620. The number of benzene rings is 1. The minimum atomic E-state index is -4.58. The molecule has 0 saturated carbocycles. The van der Waals surface area contributed by atoms with Gasteiger partial charge in [-0.15, -0.1) is 0 Å². The molecule has 1 aliphatic rings. The van der Waals surface area contributed by atoms with E-state index in [-0.39, 0.29) is 17.7 Å². The Bertz CT molecular complexity index is 1150. The van der Waals surface area contributed by atoms with Gasteiger partial charge in [-0.25, -0.2) is 9.97 Å². The van der Waals surface area contributed by atoms with Crippen LogP contribution in [0.25, 0.3) is 10.4 Å². The van der Waals surface area contributed by atoms with Gasteiger partial charge in [0.1, 0.15) is 5.75 Å². The highest BCUT2D eigenvalue weighted by Gasteiger charge is 2.36. The number of thiazole rings is 1. The summed E-state index contributed by atoms with van der Waals surface area (Å²) in [5.41, 5.74) is 8.25. The first-order chi connectivity index (χ1) is 15.2. The van der Waals surface area contributed by atoms with Crippen molar-refractivity contribution in [2.24, 2.45) is 5.73 Å². The SMILES string of the molecule is COc1cc(CC(N)CNc2ncc(-c3ccc4c(c3)CNC4=O)s2)cnc1C(F)(F)F. The largest absolute Gasteiger partial charge is 0.494 e. The number of carbonyl (C=O) groups excluding carboxylic acids is 1. The fourth-order valence-electron chi connectivity index (χ4n) is 3.43. The van der Waals surface area contributed by atoms with Crippen LogP contribution >= 0.6 is 11.3 Å². The van der Waals surface area contributed by atoms with Crippen molar-refractivity contribution in [2.75, 3.05) is 19.0 Å². The zero-order valence-corrected chi connectivity index (χ0v) is 17.8. The number of nitrogens with two attached hydrogens (primary N) is 1. The number of ether oxygens (including phenoxy) is 1. The smallest absolute Gasteiger partial charge is 0.437 e. The number of pyridine rings is 1. The average molecular weight is 463 g/mol. The third-order valence-corrected chi connectivity index (χ3v) is 5.99. The van der Waals surface area contributed by atoms with Crippen molar-refractivity contribution in [2.45, 2.75) is 25.2 Å². The number of nitrogens with zero attached hydrogens (tertiary/aromatic N) is 2. The highest BCUT2D eigenvalue weighted by molar-refractivity contribution is 7.18. The molecule has 2 aromatic heterocycles. The predicted molar refractivity (Wildman–Crippen MR) is 115 cm³/mol. The predicted octanol–water partition coefficient (Wildman–Crippen LogP) is 3.46. The van der Waals surface area contributed by atoms with Crippen LogP contribution in [-0.2, 0) is 19.1 Å². The Labute approximate surface area is 185 Å². The van der Waals surface area contributed by atoms with Crippen LogP contribution in [0.3, 0.4) is 0 Å². The average Bonchev–Trinajstić information content (AvgIpc) is 3.38. The molecule has 0 radical (unpaired) electrons. The Hall–Kier alpha value is -3.18. The molecule has 0 spiro atoms. The van der Waals surface area contributed by atoms with Crippen molar-refractivity contribution in [3.8, 4) is 16.2 Å². The van der Waals surface area contributed by atoms with Crippen molar-refractivity contribution in [3.63, 3.8) is 0 Å². The summed E-state index contributed by atoms with van der Waals surface area (Å²) in [5, 5.41) is 6.63. The zero-order valence-electron chi connectivity index (χ0n) is 17.0. The number of nitrogens with one attached hydrogen (secondary N) is 2. The van der Waals surface area contributed by atoms with E-state index in [0.29, 0.717) is 35.8 Å². The Morgan fingerprint density at radius 3 is 2.84 bits per heavy atom. The number of aromatic nitrogens is 2. The maximum Gasteiger partial charge on any atom is 0.437 e. The summed E-state index contributed by atoms with van der Waals surface area (Å²) in [7, 11) is 1.17. The van der Waals surface area contributed by atoms with Crippen molar-refractivity contribution in [1.29, 1.82) is 0 Å². The molecule has 0 fully saturated rings. The molecular weight excluding hydrogens is 443 g/mol. The van der Waals surface area contributed by atoms with Crippen LogP contribution < -0.4 is 21.1 Å². The van der Waals surface area contributed by atoms with Gasteiger partial charge in [0.25, 0.3) is 5.91 Å². The van der Waals surface area contributed by atoms with Gasteiger partial charge < -0.3 is 21.1 Å². The normalized spacial score (nSPS) is 14.1. The number of methoxy groups -OCH3 is 1. The van der Waals surface area contributed by atoms with Crippen LogP contribution in [0.2, 0.25) is 0 Å². The number of anilines is 1. The van der Waals surface area contributed by atoms with Gasteiger partial charge in [-0.05, 0) is 41.3 Å². The number of halogens is 3. The Kier molecular flexibility index (Phi) is 6.02. The van der Waals surface area contributed by atoms with Crippen LogP contribution in [0.15, 0.2) is 36.7 Å². The zero-order chi connectivity index (χ0) is 22.9. The third kappa shape index (κ3) is 4.68. The van der Waals surface area contributed by atoms with Crippen LogP contribution in [0.5, 0.6) is 5.75 Å². The Morgan fingerprint density at radius 1 is 1.28 bits per heavy atom. The molecule has 168 valence electrons. The van der Waals surface area contributed by atoms with Gasteiger partial charge >= 0.3 is 6.18 Å². The molecule has 0 aliphatic carbocycles. The quantitative estimate of drug-likeness (QED) is 0.496. The van der Waals surface area contributed by atoms with Crippen molar-refractivity contribution >= 4 is 22.4 Å². The number of carbonyl (C=O) groups is 1. The van der Waals surface area contributed by atoms with Gasteiger partial charge in [-0.2, -0.15) is 13.2 Å². The summed E-state index contributed by atoms with van der Waals surface area (Å²) in [5.74, 6) is -0.390. The number of rotatable bonds is 7. The molecule has 1 amide bonds. The molecule has 1 aromatic carbocycles. The maximum absolute atomic E-state index is 12.9. The van der Waals surface area contributed by atoms with Gasteiger partial charge in [0.15, 0.2) is 10.8 Å². The monoisotopic (exact) mass is 463 g/mol. The second-order valence-electron chi connectivity index (χ2n) is 7.32. The van der Waals surface area contributed by atoms with E-state index in [2.05, 4.69) is 20.6 Å². The van der Waals surface area contributed by atoms with Gasteiger partial charge in [0.05, 0.1) is 12.0 Å². The van der Waals surface area contributed by atoms with Gasteiger partial charge in [-0.1, -0.05) is 17.4 Å². The molecule has 7 nitrogen and oxygen atoms in total. The summed E-state index contributed by atoms with van der Waals surface area (Å²) in [4.78, 5) is 20.5. The van der Waals surface area contributed by atoms with Crippen LogP contribution in [0, 0.1) is 0 Å². The van der Waals surface area contributed by atoms with E-state index in [1.54, 1.807) is 6.20 Å². The fraction of sp³-hybridized carbons (Fsp3) is 0.286. The first-order valence-corrected chi connectivity index (χ1v) is 10.5. The highest BCUT2D eigenvalue weighted by atomic mass is 32.1. The van der Waals surface area contributed by atoms with Crippen molar-refractivity contribution in [1.82, 2.24) is 15.3 Å². The van der Waals surface area contributed by atoms with E-state index in [0.717, 1.165) is 16.0 Å². The second kappa shape index (κ2) is 8.75. The highest BCUT2D eigenvalue weighted by Crippen LogP contribution is 2.35. The van der Waals surface area contributed by atoms with Gasteiger partial charge in [0, 0.05) is 37.1 Å². The summed E-state index contributed by atoms with van der Waals surface area (Å²) in [6.45, 7) is 0.892. The summed E-state index contributed by atoms with van der Waals surface area (Å²) >= 11 is 1.45. The van der Waals surface area contributed by atoms with Crippen LogP contribution in [0.4, 0.5) is 18.3 Å². The standard InChI is InChI=1S/C21H20F3N5O2S/c1-31-16-5-11(7-26-18(16)21(22,23)24)4-14(25)9-28-20-29-10-17(32-20)12-2-3-15-13(6-12)8-27-19(15)30/h2-3,5-7,10,14H,4,8-9,25H2,1H3,(H,27,30)(H,28,29). The Balaban J connectivity index is 1.37. The molecule has 3 heterocycles. The lowest BCUT2D eigenvalue weighted by molar-refractivity contribution is -0.142. The van der Waals surface area contributed by atoms with E-state index < -0.39 is 11.9 Å². The molecule has 1 atom stereocenters. The van der Waals surface area contributed by atoms with Crippen molar-refractivity contribution in [3.05, 3.63) is 59.0 Å². The number of amides is 1. The first kappa shape index (κ1) is 22.0. The molecule has 1 aliphatic heterocycles. The molecule has 4 rings (SSSR count). The van der Waals surface area contributed by atoms with E-state index in [1.807, 2.05) is 18.2 Å². The summed E-state index contributed by atoms with van der Waals surface area (Å²) in [6.07, 6.45) is -1.35. The van der Waals surface area contributed by atoms with E-state index in [1.165, 1.54) is 30.7 Å². The van der Waals surface area contributed by atoms with Crippen LogP contribution in [-0.4, -0.2) is 35.6 Å². The minimum Gasteiger partial charge on any atom is -0.494 e. The molecule has 11 heteroatoms. The Morgan fingerprint density at radius 2 is 2.09 bits per heavy atom. The van der Waals surface area contributed by atoms with Crippen LogP contribution in [0.1, 0.15) is 27.2 Å². The van der Waals surface area contributed by atoms with E-state index in [9.17, 15) is 18.0 Å². The second-order valence-corrected chi connectivity index (χ2v) is 8.35.